The SMILES string of the molecule is CC(=O)SCC[C@H](O)[C@H](O)C(=O)CO. The lowest BCUT2D eigenvalue weighted by atomic mass is 10.1. The third-order valence-corrected chi connectivity index (χ3v) is 2.42. The number of carbonyl (C=O) groups is 2. The first-order valence-electron chi connectivity index (χ1n) is 4.12. The van der Waals surface area contributed by atoms with Crippen molar-refractivity contribution in [3.05, 3.63) is 0 Å². The highest BCUT2D eigenvalue weighted by Gasteiger charge is 2.22. The normalized spacial score (nSPS) is 14.9. The fraction of sp³-hybridized carbons (Fsp3) is 0.750. The van der Waals surface area contributed by atoms with Crippen molar-refractivity contribution in [3.63, 3.8) is 0 Å². The van der Waals surface area contributed by atoms with Crippen molar-refractivity contribution >= 4 is 22.7 Å². The van der Waals surface area contributed by atoms with E-state index >= 15 is 0 Å². The van der Waals surface area contributed by atoms with Gasteiger partial charge in [-0.2, -0.15) is 0 Å². The molecule has 0 rings (SSSR count). The third-order valence-electron chi connectivity index (χ3n) is 1.57. The van der Waals surface area contributed by atoms with E-state index in [2.05, 4.69) is 0 Å². The van der Waals surface area contributed by atoms with Crippen molar-refractivity contribution < 1.29 is 24.9 Å². The van der Waals surface area contributed by atoms with Gasteiger partial charge in [0.2, 0.25) is 0 Å². The molecule has 82 valence electrons. The number of carbonyl (C=O) groups excluding carboxylic acids is 2. The molecule has 0 aromatic heterocycles. The van der Waals surface area contributed by atoms with E-state index < -0.39 is 24.6 Å². The molecule has 0 aromatic rings. The number of thioether (sulfide) groups is 1. The number of rotatable bonds is 6. The number of hydrogen-bond acceptors (Lipinski definition) is 6. The number of hydrogen-bond donors (Lipinski definition) is 3. The average molecular weight is 222 g/mol. The van der Waals surface area contributed by atoms with Crippen LogP contribution in [0.4, 0.5) is 0 Å². The Morgan fingerprint density at radius 2 is 1.93 bits per heavy atom. The Hall–Kier alpha value is -0.430. The topological polar surface area (TPSA) is 94.8 Å². The summed E-state index contributed by atoms with van der Waals surface area (Å²) in [5, 5.41) is 26.6. The molecule has 0 unspecified atom stereocenters. The van der Waals surface area contributed by atoms with Crippen molar-refractivity contribution in [2.45, 2.75) is 25.6 Å². The van der Waals surface area contributed by atoms with Gasteiger partial charge in [-0.3, -0.25) is 9.59 Å². The second-order valence-corrected chi connectivity index (χ2v) is 4.04. The van der Waals surface area contributed by atoms with E-state index in [1.165, 1.54) is 6.92 Å². The van der Waals surface area contributed by atoms with Gasteiger partial charge in [0, 0.05) is 12.7 Å². The summed E-state index contributed by atoms with van der Waals surface area (Å²) in [4.78, 5) is 21.2. The standard InChI is InChI=1S/C8H14O5S/c1-5(10)14-3-2-6(11)8(13)7(12)4-9/h6,8-9,11,13H,2-4H2,1H3/t6-,8-/m0/s1. The molecule has 0 bridgehead atoms. The molecule has 0 aliphatic heterocycles. The van der Waals surface area contributed by atoms with Crippen LogP contribution in [0.1, 0.15) is 13.3 Å². The second kappa shape index (κ2) is 6.94. The maximum absolute atomic E-state index is 10.7. The van der Waals surface area contributed by atoms with E-state index in [9.17, 15) is 14.7 Å². The van der Waals surface area contributed by atoms with Crippen LogP contribution < -0.4 is 0 Å². The zero-order valence-electron chi connectivity index (χ0n) is 7.84. The predicted molar refractivity (Wildman–Crippen MR) is 51.9 cm³/mol. The van der Waals surface area contributed by atoms with E-state index in [1.54, 1.807) is 0 Å². The summed E-state index contributed by atoms with van der Waals surface area (Å²) in [7, 11) is 0. The molecule has 0 fully saturated rings. The maximum Gasteiger partial charge on any atom is 0.189 e. The van der Waals surface area contributed by atoms with Crippen LogP contribution in [-0.4, -0.2) is 50.8 Å². The van der Waals surface area contributed by atoms with Crippen LogP contribution in [0.25, 0.3) is 0 Å². The van der Waals surface area contributed by atoms with Crippen LogP contribution in [0.5, 0.6) is 0 Å². The summed E-state index contributed by atoms with van der Waals surface area (Å²) in [6.07, 6.45) is -2.65. The van der Waals surface area contributed by atoms with Gasteiger partial charge >= 0.3 is 0 Å². The molecule has 2 atom stereocenters. The van der Waals surface area contributed by atoms with E-state index in [4.69, 9.17) is 10.2 Å². The quantitative estimate of drug-likeness (QED) is 0.530. The first kappa shape index (κ1) is 13.6. The number of aliphatic hydroxyl groups is 3. The van der Waals surface area contributed by atoms with Gasteiger partial charge in [0.15, 0.2) is 10.9 Å². The van der Waals surface area contributed by atoms with Crippen LogP contribution in [0, 0.1) is 0 Å². The Balaban J connectivity index is 3.78. The zero-order chi connectivity index (χ0) is 11.1. The lowest BCUT2D eigenvalue weighted by Crippen LogP contribution is -2.36. The highest BCUT2D eigenvalue weighted by atomic mass is 32.2. The second-order valence-electron chi connectivity index (χ2n) is 2.77. The van der Waals surface area contributed by atoms with Gasteiger partial charge in [-0.1, -0.05) is 11.8 Å². The van der Waals surface area contributed by atoms with Crippen molar-refractivity contribution in [2.24, 2.45) is 0 Å². The Morgan fingerprint density at radius 1 is 1.36 bits per heavy atom. The molecule has 0 saturated heterocycles. The largest absolute Gasteiger partial charge is 0.390 e. The molecule has 0 heterocycles. The van der Waals surface area contributed by atoms with Gasteiger partial charge in [-0.15, -0.1) is 0 Å². The lowest BCUT2D eigenvalue weighted by molar-refractivity contribution is -0.135. The summed E-state index contributed by atoms with van der Waals surface area (Å²) >= 11 is 1.01. The van der Waals surface area contributed by atoms with Crippen molar-refractivity contribution in [3.8, 4) is 0 Å². The molecule has 3 N–H and O–H groups in total. The summed E-state index contributed by atoms with van der Waals surface area (Å²) in [6.45, 7) is 0.602. The predicted octanol–water partition coefficient (Wildman–Crippen LogP) is -1.06. The summed E-state index contributed by atoms with van der Waals surface area (Å²) < 4.78 is 0. The van der Waals surface area contributed by atoms with Gasteiger partial charge in [0.25, 0.3) is 0 Å². The van der Waals surface area contributed by atoms with Crippen LogP contribution in [0.3, 0.4) is 0 Å². The molecule has 0 aromatic carbocycles. The molecule has 14 heavy (non-hydrogen) atoms. The fourth-order valence-electron chi connectivity index (χ4n) is 0.789. The zero-order valence-corrected chi connectivity index (χ0v) is 8.66. The number of Topliss-reactive ketones (excluding diaryl/α,β-unsaturated/α-hetero) is 1. The van der Waals surface area contributed by atoms with Gasteiger partial charge in [0.05, 0.1) is 6.10 Å². The molecule has 5 nitrogen and oxygen atoms in total. The Kier molecular flexibility index (Phi) is 6.73. The molecule has 0 amide bonds. The molecular weight excluding hydrogens is 208 g/mol. The third kappa shape index (κ3) is 5.33. The first-order valence-corrected chi connectivity index (χ1v) is 5.10. The van der Waals surface area contributed by atoms with E-state index in [1.807, 2.05) is 0 Å². The van der Waals surface area contributed by atoms with Crippen molar-refractivity contribution in [1.29, 1.82) is 0 Å². The minimum absolute atomic E-state index is 0.0832. The highest BCUT2D eigenvalue weighted by Crippen LogP contribution is 2.08. The molecule has 0 radical (unpaired) electrons. The molecule has 0 saturated carbocycles. The van der Waals surface area contributed by atoms with Crippen LogP contribution in [-0.2, 0) is 9.59 Å². The maximum atomic E-state index is 10.7. The summed E-state index contributed by atoms with van der Waals surface area (Å²) in [5.74, 6) is -0.475. The molecule has 0 spiro atoms. The van der Waals surface area contributed by atoms with Gasteiger partial charge in [-0.25, -0.2) is 0 Å². The summed E-state index contributed by atoms with van der Waals surface area (Å²) in [5.41, 5.74) is 0. The number of aliphatic hydroxyl groups excluding tert-OH is 3. The van der Waals surface area contributed by atoms with Gasteiger partial charge < -0.3 is 15.3 Å². The molecule has 6 heteroatoms. The van der Waals surface area contributed by atoms with Crippen molar-refractivity contribution in [2.75, 3.05) is 12.4 Å². The fourth-order valence-corrected chi connectivity index (χ4v) is 1.44. The van der Waals surface area contributed by atoms with E-state index in [0.29, 0.717) is 5.75 Å². The number of ketones is 1. The van der Waals surface area contributed by atoms with Crippen LogP contribution >= 0.6 is 11.8 Å². The Morgan fingerprint density at radius 3 is 2.36 bits per heavy atom. The average Bonchev–Trinajstić information content (AvgIpc) is 2.14. The van der Waals surface area contributed by atoms with Gasteiger partial charge in [-0.05, 0) is 6.42 Å². The minimum atomic E-state index is -1.56. The monoisotopic (exact) mass is 222 g/mol. The molecular formula is C8H14O5S. The van der Waals surface area contributed by atoms with E-state index in [0.717, 1.165) is 11.8 Å². The lowest BCUT2D eigenvalue weighted by Gasteiger charge is -2.14. The molecule has 0 aliphatic rings. The Bertz CT molecular complexity index is 206. The minimum Gasteiger partial charge on any atom is -0.390 e. The van der Waals surface area contributed by atoms with Crippen molar-refractivity contribution in [1.82, 2.24) is 0 Å². The summed E-state index contributed by atoms with van der Waals surface area (Å²) in [6, 6.07) is 0. The highest BCUT2D eigenvalue weighted by molar-refractivity contribution is 8.13. The first-order chi connectivity index (χ1) is 6.49. The smallest absolute Gasteiger partial charge is 0.189 e. The molecule has 0 aliphatic carbocycles. The van der Waals surface area contributed by atoms with E-state index in [-0.39, 0.29) is 11.5 Å². The van der Waals surface area contributed by atoms with Crippen LogP contribution in [0.15, 0.2) is 0 Å². The van der Waals surface area contributed by atoms with Crippen LogP contribution in [0.2, 0.25) is 0 Å². The van der Waals surface area contributed by atoms with Gasteiger partial charge in [0.1, 0.15) is 12.7 Å². The Labute approximate surface area is 86.1 Å².